The number of alkyl halides is 2. The summed E-state index contributed by atoms with van der Waals surface area (Å²) in [4.78, 5) is 82.9. The van der Waals surface area contributed by atoms with Gasteiger partial charge in [-0.05, 0) is 79.5 Å². The largest absolute Gasteiger partial charge is 0.399 e. The molecule has 17 heteroatoms. The average molecular weight is 802 g/mol. The summed E-state index contributed by atoms with van der Waals surface area (Å²) in [6.45, 7) is 0.405. The van der Waals surface area contributed by atoms with Crippen LogP contribution in [0.25, 0.3) is 20.7 Å². The summed E-state index contributed by atoms with van der Waals surface area (Å²) >= 11 is 2.50. The number of benzene rings is 2. The Morgan fingerprint density at radius 1 is 1.02 bits per heavy atom. The molecule has 3 N–H and O–H groups in total. The second-order valence-electron chi connectivity index (χ2n) is 13.9. The Kier molecular flexibility index (Phi) is 12.0. The van der Waals surface area contributed by atoms with Gasteiger partial charge in [0.15, 0.2) is 0 Å². The van der Waals surface area contributed by atoms with Gasteiger partial charge in [-0.1, -0.05) is 25.3 Å². The van der Waals surface area contributed by atoms with E-state index in [2.05, 4.69) is 10.3 Å². The number of thiazole rings is 1. The molecule has 3 heterocycles. The van der Waals surface area contributed by atoms with Crippen LogP contribution in [0.15, 0.2) is 60.1 Å². The molecule has 1 aliphatic carbocycles. The topological polar surface area (TPSA) is 160 Å². The first kappa shape index (κ1) is 39.6. The number of halogens is 2. The molecule has 2 fully saturated rings. The van der Waals surface area contributed by atoms with Crippen molar-refractivity contribution in [3.8, 4) is 10.6 Å². The Labute approximate surface area is 319 Å². The molecule has 0 spiro atoms. The number of nitrogens with zero attached hydrogens (tertiary/aromatic N) is 4. The van der Waals surface area contributed by atoms with Crippen molar-refractivity contribution >= 4 is 69.7 Å². The molecule has 0 radical (unpaired) electrons. The molecule has 1 aliphatic heterocycles. The standard InChI is InChI=1S/C37H42F2N5O7PS2/c1-42(2)31(45)16-19-43(27-13-10-24(11-14-27)34-40-17-20-53-34)35(47)28-9-6-18-44(28)36(48)32(23-7-4-3-5-8-23)41-33(46)30-22-25-21-26(12-15-29(25)54-30)37(38,39)52(49,50)51/h10-15,17,20-23,28,32H,3-9,16,18-19H2,1-2H3,(H,41,46)(H2,49,50,51)/t28-,32?/m0/s1. The quantitative estimate of drug-likeness (QED) is 0.138. The number of carbonyl (C=O) groups is 4. The third-order valence-corrected chi connectivity index (χ3v) is 13.0. The van der Waals surface area contributed by atoms with Crippen molar-refractivity contribution in [1.29, 1.82) is 0 Å². The van der Waals surface area contributed by atoms with Crippen molar-refractivity contribution < 1.29 is 42.3 Å². The van der Waals surface area contributed by atoms with E-state index in [1.807, 2.05) is 29.6 Å². The van der Waals surface area contributed by atoms with E-state index in [1.54, 1.807) is 30.1 Å². The number of likely N-dealkylation sites (tertiary alicyclic amines) is 1. The highest BCUT2D eigenvalue weighted by atomic mass is 32.1. The zero-order valence-electron chi connectivity index (χ0n) is 29.8. The lowest BCUT2D eigenvalue weighted by atomic mass is 9.83. The fourth-order valence-corrected chi connectivity index (χ4v) is 9.23. The van der Waals surface area contributed by atoms with Crippen LogP contribution in [-0.2, 0) is 24.6 Å². The summed E-state index contributed by atoms with van der Waals surface area (Å²) in [5.74, 6) is -1.63. The minimum absolute atomic E-state index is 0.0714. The number of amides is 4. The van der Waals surface area contributed by atoms with Gasteiger partial charge in [0.05, 0.1) is 4.88 Å². The smallest absolute Gasteiger partial charge is 0.349 e. The van der Waals surface area contributed by atoms with Gasteiger partial charge in [0.1, 0.15) is 17.1 Å². The van der Waals surface area contributed by atoms with Crippen LogP contribution in [0, 0.1) is 5.92 Å². The molecule has 6 rings (SSSR count). The Morgan fingerprint density at radius 2 is 1.74 bits per heavy atom. The molecule has 288 valence electrons. The van der Waals surface area contributed by atoms with Gasteiger partial charge in [-0.3, -0.25) is 23.7 Å². The zero-order valence-corrected chi connectivity index (χ0v) is 32.3. The minimum atomic E-state index is -5.79. The summed E-state index contributed by atoms with van der Waals surface area (Å²) in [6, 6.07) is 10.1. The summed E-state index contributed by atoms with van der Waals surface area (Å²) < 4.78 is 40.8. The minimum Gasteiger partial charge on any atom is -0.349 e. The first-order chi connectivity index (χ1) is 25.7. The van der Waals surface area contributed by atoms with Crippen molar-refractivity contribution in [2.24, 2.45) is 5.92 Å². The second kappa shape index (κ2) is 16.3. The van der Waals surface area contributed by atoms with Gasteiger partial charge in [-0.2, -0.15) is 8.78 Å². The van der Waals surface area contributed by atoms with E-state index in [-0.39, 0.29) is 46.9 Å². The van der Waals surface area contributed by atoms with Gasteiger partial charge < -0.3 is 29.8 Å². The molecule has 4 aromatic rings. The molecule has 1 saturated carbocycles. The lowest BCUT2D eigenvalue weighted by Gasteiger charge is -2.36. The molecule has 2 aromatic carbocycles. The van der Waals surface area contributed by atoms with E-state index < -0.39 is 36.8 Å². The lowest BCUT2D eigenvalue weighted by Crippen LogP contribution is -2.56. The molecule has 1 saturated heterocycles. The number of fused-ring (bicyclic) bond motifs is 1. The number of thiophene rings is 1. The monoisotopic (exact) mass is 801 g/mol. The van der Waals surface area contributed by atoms with E-state index in [4.69, 9.17) is 0 Å². The van der Waals surface area contributed by atoms with Gasteiger partial charge in [0.25, 0.3) is 5.91 Å². The maximum absolute atomic E-state index is 14.6. The fourth-order valence-electron chi connectivity index (χ4n) is 7.16. The number of rotatable bonds is 12. The van der Waals surface area contributed by atoms with Crippen LogP contribution in [0.4, 0.5) is 14.5 Å². The van der Waals surface area contributed by atoms with Crippen molar-refractivity contribution in [1.82, 2.24) is 20.1 Å². The summed E-state index contributed by atoms with van der Waals surface area (Å²) in [5.41, 5.74) is -3.82. The Bertz CT molecular complexity index is 2050. The highest BCUT2D eigenvalue weighted by Gasteiger charge is 2.50. The van der Waals surface area contributed by atoms with Gasteiger partial charge >= 0.3 is 13.3 Å². The van der Waals surface area contributed by atoms with E-state index >= 15 is 0 Å². The fraction of sp³-hybridized carbons (Fsp3) is 0.432. The lowest BCUT2D eigenvalue weighted by molar-refractivity contribution is -0.140. The van der Waals surface area contributed by atoms with Crippen molar-refractivity contribution in [2.75, 3.05) is 32.1 Å². The first-order valence-corrected chi connectivity index (χ1v) is 21.1. The molecule has 0 bridgehead atoms. The van der Waals surface area contributed by atoms with Crippen molar-refractivity contribution in [3.05, 3.63) is 70.5 Å². The maximum Gasteiger partial charge on any atom is 0.399 e. The van der Waals surface area contributed by atoms with Crippen LogP contribution in [0.1, 0.15) is 66.6 Å². The Balaban J connectivity index is 1.25. The number of carbonyl (C=O) groups excluding carboxylic acids is 4. The number of hydrogen-bond donors (Lipinski definition) is 3. The first-order valence-electron chi connectivity index (χ1n) is 17.8. The van der Waals surface area contributed by atoms with E-state index in [1.165, 1.54) is 28.4 Å². The van der Waals surface area contributed by atoms with Crippen LogP contribution in [0.2, 0.25) is 0 Å². The second-order valence-corrected chi connectivity index (χ2v) is 17.5. The molecular formula is C37H42F2N5O7PS2. The van der Waals surface area contributed by atoms with E-state index in [0.717, 1.165) is 53.3 Å². The van der Waals surface area contributed by atoms with Gasteiger partial charge in [0, 0.05) is 66.7 Å². The molecule has 54 heavy (non-hydrogen) atoms. The van der Waals surface area contributed by atoms with Crippen LogP contribution in [-0.4, -0.2) is 87.5 Å². The van der Waals surface area contributed by atoms with Crippen LogP contribution in [0.3, 0.4) is 0 Å². The molecule has 4 amide bonds. The predicted molar refractivity (Wildman–Crippen MR) is 204 cm³/mol. The molecule has 2 atom stereocenters. The zero-order chi connectivity index (χ0) is 38.8. The number of anilines is 1. The Morgan fingerprint density at radius 3 is 2.39 bits per heavy atom. The average Bonchev–Trinajstić information content (AvgIpc) is 3.95. The molecule has 2 aliphatic rings. The van der Waals surface area contributed by atoms with Crippen molar-refractivity contribution in [3.63, 3.8) is 0 Å². The SMILES string of the molecule is CN(C)C(=O)CCN(C(=O)[C@@H]1CCCN1C(=O)C(NC(=O)c1cc2cc(C(F)(F)P(=O)(O)O)ccc2s1)C1CCCCC1)c1ccc(-c2nccs2)cc1. The van der Waals surface area contributed by atoms with Crippen LogP contribution < -0.4 is 10.2 Å². The number of aromatic nitrogens is 1. The van der Waals surface area contributed by atoms with Gasteiger partial charge in [-0.25, -0.2) is 4.98 Å². The maximum atomic E-state index is 14.6. The summed E-state index contributed by atoms with van der Waals surface area (Å²) in [6.07, 6.45) is 6.89. The van der Waals surface area contributed by atoms with Crippen LogP contribution >= 0.6 is 30.3 Å². The summed E-state index contributed by atoms with van der Waals surface area (Å²) in [5, 5.41) is 5.83. The predicted octanol–water partition coefficient (Wildman–Crippen LogP) is 6.43. The number of hydrogen-bond acceptors (Lipinski definition) is 8. The molecular weight excluding hydrogens is 760 g/mol. The third-order valence-electron chi connectivity index (χ3n) is 10.1. The highest BCUT2D eigenvalue weighted by Crippen LogP contribution is 2.59. The van der Waals surface area contributed by atoms with Gasteiger partial charge in [-0.15, -0.1) is 22.7 Å². The molecule has 1 unspecified atom stereocenters. The van der Waals surface area contributed by atoms with Crippen LogP contribution in [0.5, 0.6) is 0 Å². The molecule has 12 nitrogen and oxygen atoms in total. The molecule has 2 aromatic heterocycles. The van der Waals surface area contributed by atoms with Crippen molar-refractivity contribution in [2.45, 2.75) is 69.1 Å². The third kappa shape index (κ3) is 8.42. The van der Waals surface area contributed by atoms with E-state index in [9.17, 15) is 42.3 Å². The highest BCUT2D eigenvalue weighted by molar-refractivity contribution is 7.52. The van der Waals surface area contributed by atoms with Gasteiger partial charge in [0.2, 0.25) is 17.7 Å². The normalized spacial score (nSPS) is 17.4. The van der Waals surface area contributed by atoms with E-state index in [0.29, 0.717) is 42.6 Å². The Hall–Kier alpha value is -4.08. The number of nitrogens with one attached hydrogen (secondary N) is 1. The summed E-state index contributed by atoms with van der Waals surface area (Å²) in [7, 11) is -2.50.